The summed E-state index contributed by atoms with van der Waals surface area (Å²) in [6, 6.07) is 49.0. The van der Waals surface area contributed by atoms with Crippen molar-refractivity contribution < 1.29 is 19.1 Å². The number of halogens is 1. The van der Waals surface area contributed by atoms with Gasteiger partial charge < -0.3 is 20.7 Å². The maximum absolute atomic E-state index is 13.7. The van der Waals surface area contributed by atoms with E-state index in [4.69, 9.17) is 16.3 Å². The Balaban J connectivity index is 1.14. The highest BCUT2D eigenvalue weighted by atomic mass is 35.5. The number of hydrogen-bond donors (Lipinski definition) is 3. The van der Waals surface area contributed by atoms with Gasteiger partial charge in [0.2, 0.25) is 5.91 Å². The molecule has 0 aromatic heterocycles. The zero-order valence-corrected chi connectivity index (χ0v) is 28.7. The third-order valence-corrected chi connectivity index (χ3v) is 9.04. The fourth-order valence-corrected chi connectivity index (χ4v) is 6.11. The monoisotopic (exact) mass is 709 g/mol. The lowest BCUT2D eigenvalue weighted by molar-refractivity contribution is -0.116. The smallest absolute Gasteiger partial charge is 0.272 e. The predicted molar refractivity (Wildman–Crippen MR) is 205 cm³/mol. The Morgan fingerprint density at radius 1 is 0.608 bits per heavy atom. The second-order valence-electron chi connectivity index (χ2n) is 11.2. The lowest BCUT2D eigenvalue weighted by atomic mass is 10.1. The van der Waals surface area contributed by atoms with Crippen LogP contribution >= 0.6 is 23.4 Å². The first-order valence-electron chi connectivity index (χ1n) is 16.0. The number of ether oxygens (including phenoxy) is 1. The number of benzene rings is 6. The summed E-state index contributed by atoms with van der Waals surface area (Å²) in [6.45, 7) is 0. The molecule has 0 aliphatic heterocycles. The molecule has 6 aromatic rings. The minimum Gasteiger partial charge on any atom is -0.457 e. The van der Waals surface area contributed by atoms with Gasteiger partial charge in [0.25, 0.3) is 11.8 Å². The molecule has 6 aromatic carbocycles. The molecule has 3 N–H and O–H groups in total. The summed E-state index contributed by atoms with van der Waals surface area (Å²) in [5.74, 6) is 0.277. The van der Waals surface area contributed by atoms with E-state index in [1.54, 1.807) is 78.9 Å². The maximum atomic E-state index is 13.7. The van der Waals surface area contributed by atoms with Crippen LogP contribution < -0.4 is 20.7 Å². The molecule has 0 bridgehead atoms. The number of carbonyl (C=O) groups excluding carboxylic acids is 3. The minimum absolute atomic E-state index is 0.0603. The van der Waals surface area contributed by atoms with Crippen molar-refractivity contribution in [3.8, 4) is 11.5 Å². The van der Waals surface area contributed by atoms with Gasteiger partial charge in [0.1, 0.15) is 22.4 Å². The van der Waals surface area contributed by atoms with E-state index in [2.05, 4.69) is 16.0 Å². The molecule has 7 nitrogen and oxygen atoms in total. The van der Waals surface area contributed by atoms with Crippen LogP contribution in [0.4, 0.5) is 11.4 Å². The van der Waals surface area contributed by atoms with Gasteiger partial charge in [-0.15, -0.1) is 11.8 Å². The van der Waals surface area contributed by atoms with Gasteiger partial charge in [-0.05, 0) is 102 Å². The van der Waals surface area contributed by atoms with Gasteiger partial charge in [0.05, 0.1) is 0 Å². The van der Waals surface area contributed by atoms with Gasteiger partial charge in [-0.1, -0.05) is 90.5 Å². The summed E-state index contributed by atoms with van der Waals surface area (Å²) in [5, 5.41) is 8.64. The Morgan fingerprint density at radius 2 is 1.16 bits per heavy atom. The van der Waals surface area contributed by atoms with E-state index < -0.39 is 17.1 Å². The van der Waals surface area contributed by atoms with E-state index in [1.807, 2.05) is 91.0 Å². The first-order valence-corrected chi connectivity index (χ1v) is 17.3. The van der Waals surface area contributed by atoms with Gasteiger partial charge in [-0.2, -0.15) is 0 Å². The quantitative estimate of drug-likeness (QED) is 0.0868. The van der Waals surface area contributed by atoms with Crippen LogP contribution in [0, 0.1) is 0 Å². The zero-order valence-electron chi connectivity index (χ0n) is 27.2. The van der Waals surface area contributed by atoms with Gasteiger partial charge in [-0.25, -0.2) is 0 Å². The van der Waals surface area contributed by atoms with E-state index in [0.717, 1.165) is 16.2 Å². The van der Waals surface area contributed by atoms with Crippen LogP contribution in [0.15, 0.2) is 174 Å². The number of nitrogens with one attached hydrogen (secondary N) is 3. The second kappa shape index (κ2) is 17.0. The Hall–Kier alpha value is -6.09. The van der Waals surface area contributed by atoms with Gasteiger partial charge in [0, 0.05) is 26.9 Å². The van der Waals surface area contributed by atoms with Crippen LogP contribution in [0.2, 0.25) is 5.02 Å². The molecule has 252 valence electrons. The molecule has 0 fully saturated rings. The Kier molecular flexibility index (Phi) is 11.6. The Labute approximate surface area is 305 Å². The standard InChI is InChI=1S/C42H32ClN3O4S/c43-32-18-16-29(17-19-32)28-38(46-40(47)31-12-6-2-7-13-31)41(48)44-34-22-26-37(27-23-34)51-39(30-10-4-1-5-11-30)42(49)45-33-20-24-36(25-21-33)50-35-14-8-3-9-15-35/h1-28,39H,(H,44,48)(H,45,49)(H,46,47)/b38-28-. The number of amides is 3. The summed E-state index contributed by atoms with van der Waals surface area (Å²) in [6.07, 6.45) is 1.59. The predicted octanol–water partition coefficient (Wildman–Crippen LogP) is 10.0. The average Bonchev–Trinajstić information content (AvgIpc) is 3.17. The molecule has 0 saturated heterocycles. The summed E-state index contributed by atoms with van der Waals surface area (Å²) in [4.78, 5) is 41.0. The van der Waals surface area contributed by atoms with Crippen molar-refractivity contribution in [2.45, 2.75) is 10.1 Å². The fraction of sp³-hybridized carbons (Fsp3) is 0.0238. The van der Waals surface area contributed by atoms with Gasteiger partial charge >= 0.3 is 0 Å². The van der Waals surface area contributed by atoms with E-state index in [-0.39, 0.29) is 11.6 Å². The van der Waals surface area contributed by atoms with Crippen molar-refractivity contribution in [1.29, 1.82) is 0 Å². The molecule has 0 aliphatic carbocycles. The fourth-order valence-electron chi connectivity index (χ4n) is 4.96. The number of para-hydroxylation sites is 1. The van der Waals surface area contributed by atoms with Crippen molar-refractivity contribution in [1.82, 2.24) is 5.32 Å². The van der Waals surface area contributed by atoms with Crippen LogP contribution in [-0.2, 0) is 9.59 Å². The second-order valence-corrected chi connectivity index (χ2v) is 12.9. The summed E-state index contributed by atoms with van der Waals surface area (Å²) in [7, 11) is 0. The molecule has 1 unspecified atom stereocenters. The molecular formula is C42H32ClN3O4S. The van der Waals surface area contributed by atoms with Crippen molar-refractivity contribution in [2.24, 2.45) is 0 Å². The molecule has 0 spiro atoms. The van der Waals surface area contributed by atoms with E-state index in [1.165, 1.54) is 11.8 Å². The number of hydrogen-bond acceptors (Lipinski definition) is 5. The van der Waals surface area contributed by atoms with Crippen LogP contribution in [-0.4, -0.2) is 17.7 Å². The number of carbonyl (C=O) groups is 3. The van der Waals surface area contributed by atoms with Crippen molar-refractivity contribution in [3.63, 3.8) is 0 Å². The normalized spacial score (nSPS) is 11.6. The van der Waals surface area contributed by atoms with Crippen LogP contribution in [0.1, 0.15) is 26.7 Å². The summed E-state index contributed by atoms with van der Waals surface area (Å²) in [5.41, 5.74) is 3.16. The van der Waals surface area contributed by atoms with Crippen LogP contribution in [0.3, 0.4) is 0 Å². The van der Waals surface area contributed by atoms with Crippen molar-refractivity contribution >= 4 is 58.5 Å². The largest absolute Gasteiger partial charge is 0.457 e. The van der Waals surface area contributed by atoms with Crippen LogP contribution in [0.25, 0.3) is 6.08 Å². The first kappa shape index (κ1) is 34.8. The lowest BCUT2D eigenvalue weighted by Crippen LogP contribution is -2.30. The zero-order chi connectivity index (χ0) is 35.4. The number of anilines is 2. The van der Waals surface area contributed by atoms with E-state index >= 15 is 0 Å². The SMILES string of the molecule is O=C(Nc1ccc(SC(C(=O)Nc2ccc(Oc3ccccc3)cc2)c2ccccc2)cc1)/C(=C/c1ccc(Cl)cc1)NC(=O)c1ccccc1. The molecule has 51 heavy (non-hydrogen) atoms. The molecule has 0 aliphatic rings. The highest BCUT2D eigenvalue weighted by molar-refractivity contribution is 8.00. The Bertz CT molecular complexity index is 2110. The van der Waals surface area contributed by atoms with Gasteiger partial charge in [0.15, 0.2) is 0 Å². The average molecular weight is 710 g/mol. The molecule has 0 heterocycles. The molecule has 6 rings (SSSR count). The minimum atomic E-state index is -0.561. The maximum Gasteiger partial charge on any atom is 0.272 e. The lowest BCUT2D eigenvalue weighted by Gasteiger charge is -2.18. The molecule has 0 radical (unpaired) electrons. The topological polar surface area (TPSA) is 96.5 Å². The highest BCUT2D eigenvalue weighted by Crippen LogP contribution is 2.37. The van der Waals surface area contributed by atoms with Crippen molar-refractivity contribution in [3.05, 3.63) is 191 Å². The van der Waals surface area contributed by atoms with Crippen molar-refractivity contribution in [2.75, 3.05) is 10.6 Å². The summed E-state index contributed by atoms with van der Waals surface area (Å²) >= 11 is 7.43. The number of rotatable bonds is 12. The molecule has 3 amide bonds. The number of thioether (sulfide) groups is 1. The Morgan fingerprint density at radius 3 is 1.80 bits per heavy atom. The van der Waals surface area contributed by atoms with E-state index in [9.17, 15) is 14.4 Å². The molecule has 0 saturated carbocycles. The molecular weight excluding hydrogens is 678 g/mol. The third-order valence-electron chi connectivity index (χ3n) is 7.52. The first-order chi connectivity index (χ1) is 24.9. The third kappa shape index (κ3) is 9.98. The molecule has 1 atom stereocenters. The van der Waals surface area contributed by atoms with Gasteiger partial charge in [-0.3, -0.25) is 14.4 Å². The van der Waals surface area contributed by atoms with Crippen LogP contribution in [0.5, 0.6) is 11.5 Å². The molecule has 9 heteroatoms. The van der Waals surface area contributed by atoms with E-state index in [0.29, 0.717) is 33.3 Å². The highest BCUT2D eigenvalue weighted by Gasteiger charge is 2.23. The summed E-state index contributed by atoms with van der Waals surface area (Å²) < 4.78 is 5.88.